The van der Waals surface area contributed by atoms with Gasteiger partial charge in [-0.15, -0.1) is 0 Å². The van der Waals surface area contributed by atoms with Crippen molar-refractivity contribution in [3.63, 3.8) is 0 Å². The summed E-state index contributed by atoms with van der Waals surface area (Å²) in [5, 5.41) is 7.94. The van der Waals surface area contributed by atoms with E-state index in [9.17, 15) is 0 Å². The number of aromatic nitrogens is 3. The predicted molar refractivity (Wildman–Crippen MR) is 76.3 cm³/mol. The molecule has 4 rings (SSSR count). The van der Waals surface area contributed by atoms with Crippen LogP contribution in [-0.2, 0) is 17.6 Å². The number of anilines is 1. The quantitative estimate of drug-likeness (QED) is 0.807. The molecule has 0 amide bonds. The molecule has 2 aromatic rings. The average Bonchev–Trinajstić information content (AvgIpc) is 2.82. The Morgan fingerprint density at radius 3 is 2.90 bits per heavy atom. The van der Waals surface area contributed by atoms with Gasteiger partial charge in [0.1, 0.15) is 5.82 Å². The van der Waals surface area contributed by atoms with Crippen LogP contribution in [0.2, 0.25) is 0 Å². The van der Waals surface area contributed by atoms with E-state index >= 15 is 0 Å². The molecule has 2 aromatic heterocycles. The monoisotopic (exact) mass is 273 g/mol. The Kier molecular flexibility index (Phi) is 3.05. The standard InChI is InChI=1S/C14H19N5O/c1-4-15-5-2-12-11(1)14(18-7-9-20-10-8-18)19-13(17-12)3-6-16-19/h3,6,15H,1-2,4-5,7-10H2. The van der Waals surface area contributed by atoms with Crippen LogP contribution in [0.5, 0.6) is 0 Å². The lowest BCUT2D eigenvalue weighted by Gasteiger charge is -2.31. The van der Waals surface area contributed by atoms with E-state index in [4.69, 9.17) is 9.72 Å². The highest BCUT2D eigenvalue weighted by molar-refractivity contribution is 5.57. The van der Waals surface area contributed by atoms with Gasteiger partial charge in [0.05, 0.1) is 25.1 Å². The van der Waals surface area contributed by atoms with Crippen LogP contribution in [0.15, 0.2) is 12.3 Å². The molecule has 6 heteroatoms. The first kappa shape index (κ1) is 12.1. The van der Waals surface area contributed by atoms with Gasteiger partial charge in [-0.25, -0.2) is 4.98 Å². The fourth-order valence-electron chi connectivity index (χ4n) is 3.11. The summed E-state index contributed by atoms with van der Waals surface area (Å²) in [6.07, 6.45) is 3.85. The Labute approximate surface area is 117 Å². The lowest BCUT2D eigenvalue weighted by Crippen LogP contribution is -2.38. The van der Waals surface area contributed by atoms with Crippen molar-refractivity contribution < 1.29 is 4.74 Å². The molecular formula is C14H19N5O. The number of nitrogens with zero attached hydrogens (tertiary/aromatic N) is 4. The average molecular weight is 273 g/mol. The first-order valence-corrected chi connectivity index (χ1v) is 7.32. The lowest BCUT2D eigenvalue weighted by molar-refractivity contribution is 0.122. The highest BCUT2D eigenvalue weighted by Gasteiger charge is 2.23. The summed E-state index contributed by atoms with van der Waals surface area (Å²) in [5.74, 6) is 1.22. The van der Waals surface area contributed by atoms with Crippen LogP contribution in [-0.4, -0.2) is 54.0 Å². The van der Waals surface area contributed by atoms with Crippen LogP contribution in [0.1, 0.15) is 11.3 Å². The van der Waals surface area contributed by atoms with E-state index in [1.807, 2.05) is 16.8 Å². The van der Waals surface area contributed by atoms with Gasteiger partial charge in [0.2, 0.25) is 0 Å². The summed E-state index contributed by atoms with van der Waals surface area (Å²) in [5.41, 5.74) is 3.53. The maximum absolute atomic E-state index is 5.48. The number of rotatable bonds is 1. The van der Waals surface area contributed by atoms with Crippen molar-refractivity contribution in [1.82, 2.24) is 19.9 Å². The lowest BCUT2D eigenvalue weighted by atomic mass is 10.1. The van der Waals surface area contributed by atoms with E-state index in [0.29, 0.717) is 0 Å². The minimum Gasteiger partial charge on any atom is -0.378 e. The molecule has 1 N–H and O–H groups in total. The summed E-state index contributed by atoms with van der Waals surface area (Å²) >= 11 is 0. The highest BCUT2D eigenvalue weighted by Crippen LogP contribution is 2.26. The van der Waals surface area contributed by atoms with Crippen molar-refractivity contribution in [2.75, 3.05) is 44.3 Å². The van der Waals surface area contributed by atoms with Crippen molar-refractivity contribution in [1.29, 1.82) is 0 Å². The van der Waals surface area contributed by atoms with Crippen LogP contribution in [0.3, 0.4) is 0 Å². The van der Waals surface area contributed by atoms with Gasteiger partial charge < -0.3 is 15.0 Å². The van der Waals surface area contributed by atoms with Crippen molar-refractivity contribution in [2.24, 2.45) is 0 Å². The molecule has 0 spiro atoms. The zero-order valence-electron chi connectivity index (χ0n) is 11.5. The van der Waals surface area contributed by atoms with E-state index < -0.39 is 0 Å². The Bertz CT molecular complexity index is 617. The molecule has 0 bridgehead atoms. The molecule has 20 heavy (non-hydrogen) atoms. The molecule has 0 atom stereocenters. The fraction of sp³-hybridized carbons (Fsp3) is 0.571. The number of fused-ring (bicyclic) bond motifs is 2. The zero-order valence-corrected chi connectivity index (χ0v) is 11.5. The fourth-order valence-corrected chi connectivity index (χ4v) is 3.11. The third-order valence-corrected chi connectivity index (χ3v) is 4.09. The minimum absolute atomic E-state index is 0.790. The van der Waals surface area contributed by atoms with Gasteiger partial charge in [-0.3, -0.25) is 0 Å². The number of hydrogen-bond donors (Lipinski definition) is 1. The van der Waals surface area contributed by atoms with Gasteiger partial charge in [0.15, 0.2) is 5.65 Å². The second-order valence-corrected chi connectivity index (χ2v) is 5.31. The van der Waals surface area contributed by atoms with Crippen LogP contribution in [0.25, 0.3) is 5.65 Å². The Morgan fingerprint density at radius 1 is 1.15 bits per heavy atom. The Hall–Kier alpha value is -1.66. The summed E-state index contributed by atoms with van der Waals surface area (Å²) in [6.45, 7) is 5.46. The molecule has 0 aliphatic carbocycles. The predicted octanol–water partition coefficient (Wildman–Crippen LogP) is 0.254. The second kappa shape index (κ2) is 5.03. The summed E-state index contributed by atoms with van der Waals surface area (Å²) in [6, 6.07) is 1.99. The minimum atomic E-state index is 0.790. The molecule has 6 nitrogen and oxygen atoms in total. The van der Waals surface area contributed by atoms with Crippen molar-refractivity contribution in [3.8, 4) is 0 Å². The summed E-state index contributed by atoms with van der Waals surface area (Å²) in [4.78, 5) is 7.19. The van der Waals surface area contributed by atoms with Gasteiger partial charge in [0.25, 0.3) is 0 Å². The van der Waals surface area contributed by atoms with E-state index in [1.165, 1.54) is 17.1 Å². The SMILES string of the molecule is c1cc2nc3c(c(N4CCOCC4)n2n1)CCNCC3. The van der Waals surface area contributed by atoms with Crippen molar-refractivity contribution in [2.45, 2.75) is 12.8 Å². The zero-order chi connectivity index (χ0) is 13.4. The molecule has 0 unspecified atom stereocenters. The number of nitrogens with one attached hydrogen (secondary N) is 1. The number of ether oxygens (including phenoxy) is 1. The smallest absolute Gasteiger partial charge is 0.157 e. The molecule has 2 aliphatic heterocycles. The van der Waals surface area contributed by atoms with E-state index in [2.05, 4.69) is 15.3 Å². The highest BCUT2D eigenvalue weighted by atomic mass is 16.5. The molecule has 4 heterocycles. The summed E-state index contributed by atoms with van der Waals surface area (Å²) < 4.78 is 7.48. The van der Waals surface area contributed by atoms with Gasteiger partial charge in [-0.2, -0.15) is 9.61 Å². The maximum atomic E-state index is 5.48. The van der Waals surface area contributed by atoms with Crippen LogP contribution >= 0.6 is 0 Å². The molecule has 1 saturated heterocycles. The van der Waals surface area contributed by atoms with Gasteiger partial charge in [-0.1, -0.05) is 0 Å². The van der Waals surface area contributed by atoms with Crippen LogP contribution in [0, 0.1) is 0 Å². The third-order valence-electron chi connectivity index (χ3n) is 4.09. The first-order chi connectivity index (χ1) is 9.93. The van der Waals surface area contributed by atoms with Gasteiger partial charge >= 0.3 is 0 Å². The second-order valence-electron chi connectivity index (χ2n) is 5.31. The molecule has 0 aromatic carbocycles. The van der Waals surface area contributed by atoms with Crippen LogP contribution < -0.4 is 10.2 Å². The normalized spacial score (nSPS) is 19.9. The molecular weight excluding hydrogens is 254 g/mol. The topological polar surface area (TPSA) is 54.7 Å². The van der Waals surface area contributed by atoms with Gasteiger partial charge in [-0.05, 0) is 13.0 Å². The Morgan fingerprint density at radius 2 is 2.00 bits per heavy atom. The molecule has 1 fully saturated rings. The molecule has 2 aliphatic rings. The first-order valence-electron chi connectivity index (χ1n) is 7.32. The molecule has 0 radical (unpaired) electrons. The third kappa shape index (κ3) is 1.96. The number of hydrogen-bond acceptors (Lipinski definition) is 5. The Balaban J connectivity index is 1.90. The van der Waals surface area contributed by atoms with Crippen LogP contribution in [0.4, 0.5) is 5.82 Å². The van der Waals surface area contributed by atoms with Crippen molar-refractivity contribution >= 4 is 11.5 Å². The summed E-state index contributed by atoms with van der Waals surface area (Å²) in [7, 11) is 0. The van der Waals surface area contributed by atoms with E-state index in [1.54, 1.807) is 0 Å². The largest absolute Gasteiger partial charge is 0.378 e. The van der Waals surface area contributed by atoms with Gasteiger partial charge in [0, 0.05) is 37.7 Å². The number of morpholine rings is 1. The molecule has 106 valence electrons. The van der Waals surface area contributed by atoms with E-state index in [-0.39, 0.29) is 0 Å². The molecule has 0 saturated carbocycles. The van der Waals surface area contributed by atoms with Crippen molar-refractivity contribution in [3.05, 3.63) is 23.5 Å². The van der Waals surface area contributed by atoms with E-state index in [0.717, 1.165) is 57.9 Å². The maximum Gasteiger partial charge on any atom is 0.157 e.